The van der Waals surface area contributed by atoms with Gasteiger partial charge in [-0.25, -0.2) is 9.18 Å². The van der Waals surface area contributed by atoms with Crippen LogP contribution in [-0.2, 0) is 0 Å². The van der Waals surface area contributed by atoms with Crippen LogP contribution < -0.4 is 10.6 Å². The third-order valence-corrected chi connectivity index (χ3v) is 3.12. The highest BCUT2D eigenvalue weighted by Gasteiger charge is 2.08. The molecule has 0 aliphatic heterocycles. The number of amides is 2. The molecule has 0 aliphatic rings. The quantitative estimate of drug-likeness (QED) is 0.796. The molecule has 1 atom stereocenters. The molecule has 4 nitrogen and oxygen atoms in total. The minimum absolute atomic E-state index is 0.114. The van der Waals surface area contributed by atoms with E-state index in [-0.39, 0.29) is 5.02 Å². The van der Waals surface area contributed by atoms with Gasteiger partial charge in [0.1, 0.15) is 5.82 Å². The Bertz CT molecular complexity index is 662. The summed E-state index contributed by atoms with van der Waals surface area (Å²) in [5.41, 5.74) is 1.53. The Labute approximate surface area is 126 Å². The van der Waals surface area contributed by atoms with Gasteiger partial charge in [-0.2, -0.15) is 0 Å². The number of rotatable bonds is 3. The van der Waals surface area contributed by atoms with E-state index < -0.39 is 18.0 Å². The topological polar surface area (TPSA) is 61.4 Å². The number of aliphatic hydroxyl groups excluding tert-OH is 1. The largest absolute Gasteiger partial charge is 0.389 e. The van der Waals surface area contributed by atoms with Crippen LogP contribution in [0, 0.1) is 5.82 Å². The highest BCUT2D eigenvalue weighted by atomic mass is 35.5. The minimum Gasteiger partial charge on any atom is -0.389 e. The lowest BCUT2D eigenvalue weighted by molar-refractivity contribution is 0.199. The fraction of sp³-hybridized carbons (Fsp3) is 0.133. The van der Waals surface area contributed by atoms with Gasteiger partial charge in [0.15, 0.2) is 0 Å². The van der Waals surface area contributed by atoms with Gasteiger partial charge in [0.2, 0.25) is 0 Å². The van der Waals surface area contributed by atoms with E-state index in [0.717, 1.165) is 6.07 Å². The molecule has 3 N–H and O–H groups in total. The number of benzene rings is 2. The monoisotopic (exact) mass is 308 g/mol. The summed E-state index contributed by atoms with van der Waals surface area (Å²) in [6.07, 6.45) is -0.624. The molecule has 0 spiro atoms. The lowest BCUT2D eigenvalue weighted by Gasteiger charge is -2.11. The third kappa shape index (κ3) is 4.18. The SMILES string of the molecule is CC(O)c1cccc(NC(=O)Nc2ccc(F)cc2Cl)c1. The van der Waals surface area contributed by atoms with Crippen LogP contribution in [0.4, 0.5) is 20.6 Å². The highest BCUT2D eigenvalue weighted by molar-refractivity contribution is 6.33. The van der Waals surface area contributed by atoms with E-state index in [1.54, 1.807) is 31.2 Å². The average Bonchev–Trinajstić information content (AvgIpc) is 2.42. The maximum Gasteiger partial charge on any atom is 0.323 e. The van der Waals surface area contributed by atoms with Gasteiger partial charge in [-0.15, -0.1) is 0 Å². The molecule has 110 valence electrons. The number of nitrogens with one attached hydrogen (secondary N) is 2. The average molecular weight is 309 g/mol. The normalized spacial score (nSPS) is 11.8. The zero-order valence-corrected chi connectivity index (χ0v) is 12.0. The van der Waals surface area contributed by atoms with Crippen LogP contribution >= 0.6 is 11.6 Å². The smallest absolute Gasteiger partial charge is 0.323 e. The Morgan fingerprint density at radius 2 is 2.00 bits per heavy atom. The van der Waals surface area contributed by atoms with Crippen LogP contribution in [-0.4, -0.2) is 11.1 Å². The number of carbonyl (C=O) groups excluding carboxylic acids is 1. The zero-order valence-electron chi connectivity index (χ0n) is 11.2. The van der Waals surface area contributed by atoms with Gasteiger partial charge in [0, 0.05) is 5.69 Å². The summed E-state index contributed by atoms with van der Waals surface area (Å²) in [4.78, 5) is 11.9. The van der Waals surface area contributed by atoms with Crippen molar-refractivity contribution in [2.75, 3.05) is 10.6 Å². The van der Waals surface area contributed by atoms with Gasteiger partial charge in [-0.05, 0) is 42.8 Å². The molecule has 2 amide bonds. The van der Waals surface area contributed by atoms with Crippen LogP contribution in [0.5, 0.6) is 0 Å². The Morgan fingerprint density at radius 1 is 1.24 bits per heavy atom. The summed E-state index contributed by atoms with van der Waals surface area (Å²) in [6, 6.07) is 10.0. The van der Waals surface area contributed by atoms with Crippen LogP contribution in [0.3, 0.4) is 0 Å². The molecule has 2 aromatic carbocycles. The molecular weight excluding hydrogens is 295 g/mol. The van der Waals surface area contributed by atoms with Crippen molar-refractivity contribution in [1.82, 2.24) is 0 Å². The molecule has 0 fully saturated rings. The first kappa shape index (κ1) is 15.3. The molecule has 0 bridgehead atoms. The predicted octanol–water partition coefficient (Wildman–Crippen LogP) is 4.18. The lowest BCUT2D eigenvalue weighted by Crippen LogP contribution is -2.19. The Morgan fingerprint density at radius 3 is 2.67 bits per heavy atom. The molecule has 2 rings (SSSR count). The van der Waals surface area contributed by atoms with Gasteiger partial charge < -0.3 is 15.7 Å². The summed E-state index contributed by atoms with van der Waals surface area (Å²) in [5, 5.41) is 14.7. The molecule has 1 unspecified atom stereocenters. The van der Waals surface area contributed by atoms with Crippen LogP contribution in [0.1, 0.15) is 18.6 Å². The van der Waals surface area contributed by atoms with Gasteiger partial charge in [-0.1, -0.05) is 23.7 Å². The van der Waals surface area contributed by atoms with Gasteiger partial charge in [0.25, 0.3) is 0 Å². The molecule has 0 radical (unpaired) electrons. The second kappa shape index (κ2) is 6.56. The standard InChI is InChI=1S/C15H14ClFN2O2/c1-9(20)10-3-2-4-12(7-10)18-15(21)19-14-6-5-11(17)8-13(14)16/h2-9,20H,1H3,(H2,18,19,21). The maximum absolute atomic E-state index is 12.9. The summed E-state index contributed by atoms with van der Waals surface area (Å²) in [7, 11) is 0. The van der Waals surface area contributed by atoms with E-state index >= 15 is 0 Å². The Kier molecular flexibility index (Phi) is 4.77. The van der Waals surface area contributed by atoms with Crippen LogP contribution in [0.2, 0.25) is 5.02 Å². The molecule has 0 saturated carbocycles. The fourth-order valence-electron chi connectivity index (χ4n) is 1.75. The van der Waals surface area contributed by atoms with E-state index in [9.17, 15) is 14.3 Å². The second-order valence-corrected chi connectivity index (χ2v) is 4.91. The summed E-state index contributed by atoms with van der Waals surface area (Å²) in [6.45, 7) is 1.64. The molecular formula is C15H14ClFN2O2. The first-order valence-corrected chi connectivity index (χ1v) is 6.64. The number of urea groups is 1. The van der Waals surface area contributed by atoms with E-state index in [1.165, 1.54) is 12.1 Å². The van der Waals surface area contributed by atoms with E-state index in [4.69, 9.17) is 11.6 Å². The van der Waals surface area contributed by atoms with Crippen molar-refractivity contribution in [2.45, 2.75) is 13.0 Å². The molecule has 2 aromatic rings. The number of aliphatic hydroxyl groups is 1. The minimum atomic E-state index is -0.624. The molecule has 0 aromatic heterocycles. The molecule has 0 aliphatic carbocycles. The van der Waals surface area contributed by atoms with Crippen LogP contribution in [0.15, 0.2) is 42.5 Å². The highest BCUT2D eigenvalue weighted by Crippen LogP contribution is 2.23. The summed E-state index contributed by atoms with van der Waals surface area (Å²) in [5.74, 6) is -0.476. The van der Waals surface area contributed by atoms with E-state index in [1.807, 2.05) is 0 Å². The Balaban J connectivity index is 2.06. The Hall–Kier alpha value is -2.11. The van der Waals surface area contributed by atoms with Crippen molar-refractivity contribution in [2.24, 2.45) is 0 Å². The molecule has 6 heteroatoms. The van der Waals surface area contributed by atoms with Gasteiger partial charge in [-0.3, -0.25) is 0 Å². The number of anilines is 2. The van der Waals surface area contributed by atoms with E-state index in [0.29, 0.717) is 16.9 Å². The number of halogens is 2. The first-order valence-electron chi connectivity index (χ1n) is 6.27. The van der Waals surface area contributed by atoms with Crippen molar-refractivity contribution >= 4 is 29.0 Å². The summed E-state index contributed by atoms with van der Waals surface area (Å²) < 4.78 is 12.9. The maximum atomic E-state index is 12.9. The number of carbonyl (C=O) groups is 1. The van der Waals surface area contributed by atoms with Gasteiger partial charge >= 0.3 is 6.03 Å². The van der Waals surface area contributed by atoms with Crippen molar-refractivity contribution in [3.05, 3.63) is 58.9 Å². The molecule has 0 heterocycles. The number of hydrogen-bond donors (Lipinski definition) is 3. The second-order valence-electron chi connectivity index (χ2n) is 4.50. The lowest BCUT2D eigenvalue weighted by atomic mass is 10.1. The van der Waals surface area contributed by atoms with Gasteiger partial charge in [0.05, 0.1) is 16.8 Å². The molecule has 21 heavy (non-hydrogen) atoms. The van der Waals surface area contributed by atoms with Crippen molar-refractivity contribution in [3.63, 3.8) is 0 Å². The summed E-state index contributed by atoms with van der Waals surface area (Å²) >= 11 is 5.83. The first-order chi connectivity index (χ1) is 9.95. The van der Waals surface area contributed by atoms with Crippen LogP contribution in [0.25, 0.3) is 0 Å². The van der Waals surface area contributed by atoms with Crippen molar-refractivity contribution < 1.29 is 14.3 Å². The van der Waals surface area contributed by atoms with Crippen molar-refractivity contribution in [3.8, 4) is 0 Å². The third-order valence-electron chi connectivity index (χ3n) is 2.81. The predicted molar refractivity (Wildman–Crippen MR) is 81.1 cm³/mol. The van der Waals surface area contributed by atoms with E-state index in [2.05, 4.69) is 10.6 Å². The fourth-order valence-corrected chi connectivity index (χ4v) is 1.97. The molecule has 0 saturated heterocycles. The van der Waals surface area contributed by atoms with Crippen molar-refractivity contribution in [1.29, 1.82) is 0 Å². The number of hydrogen-bond acceptors (Lipinski definition) is 2. The zero-order chi connectivity index (χ0) is 15.4.